The number of rotatable bonds is 2. The molecule has 122 valence electrons. The van der Waals surface area contributed by atoms with Gasteiger partial charge in [0.1, 0.15) is 0 Å². The van der Waals surface area contributed by atoms with Crippen LogP contribution in [0.15, 0.2) is 53.6 Å². The minimum absolute atomic E-state index is 0.161. The van der Waals surface area contributed by atoms with Gasteiger partial charge in [0, 0.05) is 41.7 Å². The van der Waals surface area contributed by atoms with Gasteiger partial charge in [-0.1, -0.05) is 6.07 Å². The summed E-state index contributed by atoms with van der Waals surface area (Å²) in [6.07, 6.45) is 3.13. The minimum Gasteiger partial charge on any atom is -0.351 e. The van der Waals surface area contributed by atoms with Crippen LogP contribution in [0.3, 0.4) is 0 Å². The SMILES string of the molecule is Cn1ccc2cc(N3Cc4ccc(S(C)(=O)=O)cc4C3=O)ccc21. The second-order valence-electron chi connectivity index (χ2n) is 6.15. The number of benzene rings is 2. The second kappa shape index (κ2) is 4.95. The van der Waals surface area contributed by atoms with Crippen molar-refractivity contribution in [2.75, 3.05) is 11.2 Å². The fraction of sp³-hybridized carbons (Fsp3) is 0.167. The molecule has 0 bridgehead atoms. The molecule has 0 saturated heterocycles. The molecule has 0 atom stereocenters. The van der Waals surface area contributed by atoms with E-state index >= 15 is 0 Å². The first kappa shape index (κ1) is 15.0. The standard InChI is InChI=1S/C18H16N2O3S/c1-19-8-7-12-9-14(4-6-17(12)19)20-11-13-3-5-15(24(2,22)23)10-16(13)18(20)21/h3-10H,11H2,1-2H3. The van der Waals surface area contributed by atoms with Gasteiger partial charge in [-0.25, -0.2) is 8.42 Å². The number of amides is 1. The number of aryl methyl sites for hydroxylation is 1. The molecule has 1 aliphatic rings. The van der Waals surface area contributed by atoms with E-state index < -0.39 is 9.84 Å². The summed E-state index contributed by atoms with van der Waals surface area (Å²) in [6.45, 7) is 0.455. The van der Waals surface area contributed by atoms with Gasteiger partial charge in [0.2, 0.25) is 0 Å². The van der Waals surface area contributed by atoms with E-state index in [9.17, 15) is 13.2 Å². The van der Waals surface area contributed by atoms with Crippen molar-refractivity contribution in [1.82, 2.24) is 4.57 Å². The molecule has 2 heterocycles. The predicted octanol–water partition coefficient (Wildman–Crippen LogP) is 2.74. The van der Waals surface area contributed by atoms with Crippen LogP contribution in [0.5, 0.6) is 0 Å². The first-order valence-electron chi connectivity index (χ1n) is 7.54. The molecule has 0 unspecified atom stereocenters. The minimum atomic E-state index is -3.33. The third-order valence-corrected chi connectivity index (χ3v) is 5.60. The average Bonchev–Trinajstić information content (AvgIpc) is 3.07. The Kier molecular flexibility index (Phi) is 3.08. The normalized spacial score (nSPS) is 14.4. The van der Waals surface area contributed by atoms with Crippen LogP contribution in [0.2, 0.25) is 0 Å². The number of hydrogen-bond acceptors (Lipinski definition) is 3. The van der Waals surface area contributed by atoms with Crippen molar-refractivity contribution in [3.05, 3.63) is 59.8 Å². The van der Waals surface area contributed by atoms with Crippen molar-refractivity contribution >= 4 is 32.3 Å². The van der Waals surface area contributed by atoms with Gasteiger partial charge in [-0.05, 0) is 42.0 Å². The third kappa shape index (κ3) is 2.22. The zero-order valence-electron chi connectivity index (χ0n) is 13.4. The maximum Gasteiger partial charge on any atom is 0.258 e. The number of carbonyl (C=O) groups is 1. The Morgan fingerprint density at radius 3 is 2.58 bits per heavy atom. The molecule has 0 saturated carbocycles. The summed E-state index contributed by atoms with van der Waals surface area (Å²) in [4.78, 5) is 14.6. The van der Waals surface area contributed by atoms with Crippen LogP contribution in [-0.4, -0.2) is 25.1 Å². The van der Waals surface area contributed by atoms with Crippen molar-refractivity contribution in [3.63, 3.8) is 0 Å². The number of nitrogens with zero attached hydrogens (tertiary/aromatic N) is 2. The largest absolute Gasteiger partial charge is 0.351 e. The number of fused-ring (bicyclic) bond motifs is 2. The van der Waals surface area contributed by atoms with Gasteiger partial charge in [0.15, 0.2) is 9.84 Å². The van der Waals surface area contributed by atoms with Gasteiger partial charge >= 0.3 is 0 Å². The number of hydrogen-bond donors (Lipinski definition) is 0. The molecule has 0 aliphatic carbocycles. The Hall–Kier alpha value is -2.60. The maximum absolute atomic E-state index is 12.7. The molecular weight excluding hydrogens is 324 g/mol. The van der Waals surface area contributed by atoms with Crippen LogP contribution in [0.1, 0.15) is 15.9 Å². The van der Waals surface area contributed by atoms with Gasteiger partial charge in [0.25, 0.3) is 5.91 Å². The zero-order valence-corrected chi connectivity index (χ0v) is 14.2. The van der Waals surface area contributed by atoms with Crippen molar-refractivity contribution in [2.24, 2.45) is 7.05 Å². The first-order valence-corrected chi connectivity index (χ1v) is 9.44. The molecule has 4 rings (SSSR count). The quantitative estimate of drug-likeness (QED) is 0.721. The average molecular weight is 340 g/mol. The molecule has 1 aromatic heterocycles. The molecule has 1 aliphatic heterocycles. The summed E-state index contributed by atoms with van der Waals surface area (Å²) in [5.41, 5.74) is 3.23. The Labute approximate surface area is 140 Å². The summed E-state index contributed by atoms with van der Waals surface area (Å²) >= 11 is 0. The highest BCUT2D eigenvalue weighted by atomic mass is 32.2. The van der Waals surface area contributed by atoms with Crippen molar-refractivity contribution in [1.29, 1.82) is 0 Å². The fourth-order valence-corrected chi connectivity index (χ4v) is 3.80. The topological polar surface area (TPSA) is 59.4 Å². The molecule has 0 N–H and O–H groups in total. The lowest BCUT2D eigenvalue weighted by molar-refractivity contribution is 0.0996. The van der Waals surface area contributed by atoms with Gasteiger partial charge in [-0.3, -0.25) is 4.79 Å². The van der Waals surface area contributed by atoms with E-state index in [0.717, 1.165) is 28.4 Å². The molecular formula is C18H16N2O3S. The second-order valence-corrected chi connectivity index (χ2v) is 8.17. The summed E-state index contributed by atoms with van der Waals surface area (Å²) in [5, 5.41) is 1.07. The Morgan fingerprint density at radius 1 is 1.04 bits per heavy atom. The number of carbonyl (C=O) groups excluding carboxylic acids is 1. The molecule has 0 fully saturated rings. The van der Waals surface area contributed by atoms with Crippen LogP contribution >= 0.6 is 0 Å². The van der Waals surface area contributed by atoms with E-state index in [1.165, 1.54) is 6.07 Å². The highest BCUT2D eigenvalue weighted by Gasteiger charge is 2.29. The van der Waals surface area contributed by atoms with Gasteiger partial charge < -0.3 is 9.47 Å². The molecule has 24 heavy (non-hydrogen) atoms. The van der Waals surface area contributed by atoms with Crippen LogP contribution in [0.4, 0.5) is 5.69 Å². The Balaban J connectivity index is 1.76. The highest BCUT2D eigenvalue weighted by molar-refractivity contribution is 7.90. The van der Waals surface area contributed by atoms with Crippen LogP contribution in [0.25, 0.3) is 10.9 Å². The van der Waals surface area contributed by atoms with E-state index in [2.05, 4.69) is 0 Å². The molecule has 6 heteroatoms. The Bertz CT molecular complexity index is 1100. The summed E-state index contributed by atoms with van der Waals surface area (Å²) < 4.78 is 25.5. The van der Waals surface area contributed by atoms with E-state index in [-0.39, 0.29) is 10.8 Å². The lowest BCUT2D eigenvalue weighted by Gasteiger charge is -2.16. The van der Waals surface area contributed by atoms with Crippen LogP contribution in [-0.2, 0) is 23.4 Å². The van der Waals surface area contributed by atoms with Crippen molar-refractivity contribution in [2.45, 2.75) is 11.4 Å². The smallest absolute Gasteiger partial charge is 0.258 e. The van der Waals surface area contributed by atoms with Gasteiger partial charge in [0.05, 0.1) is 11.4 Å². The summed E-state index contributed by atoms with van der Waals surface area (Å²) in [7, 11) is -1.35. The highest BCUT2D eigenvalue weighted by Crippen LogP contribution is 2.31. The third-order valence-electron chi connectivity index (χ3n) is 4.49. The van der Waals surface area contributed by atoms with E-state index in [1.54, 1.807) is 17.0 Å². The zero-order chi connectivity index (χ0) is 17.1. The van der Waals surface area contributed by atoms with Gasteiger partial charge in [-0.2, -0.15) is 0 Å². The fourth-order valence-electron chi connectivity index (χ4n) is 3.16. The monoisotopic (exact) mass is 340 g/mol. The first-order chi connectivity index (χ1) is 11.3. The summed E-state index contributed by atoms with van der Waals surface area (Å²) in [5.74, 6) is -0.161. The summed E-state index contributed by atoms with van der Waals surface area (Å²) in [6, 6.07) is 12.7. The maximum atomic E-state index is 12.7. The molecule has 5 nitrogen and oxygen atoms in total. The molecule has 0 spiro atoms. The predicted molar refractivity (Wildman–Crippen MR) is 93.0 cm³/mol. The molecule has 3 aromatic rings. The molecule has 2 aromatic carbocycles. The lowest BCUT2D eigenvalue weighted by atomic mass is 10.1. The van der Waals surface area contributed by atoms with E-state index in [4.69, 9.17) is 0 Å². The van der Waals surface area contributed by atoms with Crippen molar-refractivity contribution in [3.8, 4) is 0 Å². The van der Waals surface area contributed by atoms with E-state index in [1.807, 2.05) is 42.1 Å². The number of anilines is 1. The molecule has 0 radical (unpaired) electrons. The van der Waals surface area contributed by atoms with Crippen LogP contribution < -0.4 is 4.90 Å². The van der Waals surface area contributed by atoms with Gasteiger partial charge in [-0.15, -0.1) is 0 Å². The lowest BCUT2D eigenvalue weighted by Crippen LogP contribution is -2.22. The van der Waals surface area contributed by atoms with E-state index in [0.29, 0.717) is 12.1 Å². The molecule has 1 amide bonds. The number of aromatic nitrogens is 1. The Morgan fingerprint density at radius 2 is 1.83 bits per heavy atom. The number of sulfone groups is 1. The van der Waals surface area contributed by atoms with Crippen LogP contribution in [0, 0.1) is 0 Å². The van der Waals surface area contributed by atoms with Crippen molar-refractivity contribution < 1.29 is 13.2 Å².